The second kappa shape index (κ2) is 8.58. The molecule has 7 heteroatoms. The first kappa shape index (κ1) is 21.0. The van der Waals surface area contributed by atoms with Crippen LogP contribution in [0.3, 0.4) is 0 Å². The quantitative estimate of drug-likeness (QED) is 0.473. The van der Waals surface area contributed by atoms with Crippen molar-refractivity contribution in [2.45, 2.75) is 19.3 Å². The molecule has 4 aromatic rings. The number of hydrogen-bond donors (Lipinski definition) is 0. The maximum atomic E-state index is 13.7. The van der Waals surface area contributed by atoms with Crippen LogP contribution in [0.2, 0.25) is 0 Å². The lowest BCUT2D eigenvalue weighted by atomic mass is 10.0. The van der Waals surface area contributed by atoms with Crippen LogP contribution >= 0.6 is 0 Å². The van der Waals surface area contributed by atoms with Crippen molar-refractivity contribution < 1.29 is 14.3 Å². The molecule has 3 heterocycles. The van der Waals surface area contributed by atoms with Crippen LogP contribution < -0.4 is 15.0 Å². The first-order valence-electron chi connectivity index (χ1n) is 11.1. The molecule has 0 saturated carbocycles. The summed E-state index contributed by atoms with van der Waals surface area (Å²) in [6.45, 7) is 1.42. The Morgan fingerprint density at radius 1 is 0.909 bits per heavy atom. The molecule has 168 valence electrons. The molecule has 0 atom stereocenters. The van der Waals surface area contributed by atoms with Crippen molar-refractivity contribution in [3.8, 4) is 17.3 Å². The predicted octanol–water partition coefficient (Wildman–Crippen LogP) is 4.18. The van der Waals surface area contributed by atoms with Crippen molar-refractivity contribution in [3.05, 3.63) is 70.8 Å². The van der Waals surface area contributed by atoms with E-state index in [1.807, 2.05) is 35.2 Å². The van der Waals surface area contributed by atoms with Gasteiger partial charge in [-0.2, -0.15) is 0 Å². The number of piperidine rings is 1. The summed E-state index contributed by atoms with van der Waals surface area (Å²) in [6, 6.07) is 13.0. The molecule has 2 aromatic heterocycles. The van der Waals surface area contributed by atoms with E-state index in [0.717, 1.165) is 30.0 Å². The van der Waals surface area contributed by atoms with Gasteiger partial charge in [0.15, 0.2) is 11.5 Å². The molecule has 0 N–H and O–H groups in total. The van der Waals surface area contributed by atoms with Gasteiger partial charge >= 0.3 is 0 Å². The number of ether oxygens (including phenoxy) is 2. The van der Waals surface area contributed by atoms with Crippen LogP contribution in [0.15, 0.2) is 59.7 Å². The van der Waals surface area contributed by atoms with E-state index >= 15 is 0 Å². The van der Waals surface area contributed by atoms with E-state index in [-0.39, 0.29) is 11.5 Å². The summed E-state index contributed by atoms with van der Waals surface area (Å²) in [4.78, 5) is 33.7. The highest BCUT2D eigenvalue weighted by Crippen LogP contribution is 2.33. The fourth-order valence-corrected chi connectivity index (χ4v) is 4.56. The average molecular weight is 444 g/mol. The van der Waals surface area contributed by atoms with Crippen molar-refractivity contribution in [2.24, 2.45) is 0 Å². The molecule has 1 saturated heterocycles. The molecule has 0 spiro atoms. The summed E-state index contributed by atoms with van der Waals surface area (Å²) >= 11 is 0. The number of nitrogens with zero attached hydrogens (tertiary/aromatic N) is 3. The third-order valence-electron chi connectivity index (χ3n) is 6.28. The number of methoxy groups -OCH3 is 2. The molecule has 1 aliphatic heterocycles. The highest BCUT2D eigenvalue weighted by atomic mass is 16.5. The standard InChI is InChI=1S/C26H25N3O4/c1-32-22-14-19-20(15-23(22)33-2)26(31)29(16-21(19)25(30)28-12-6-3-7-13-28)24-18-9-5-4-8-17(18)10-11-27-24/h4-5,8-11,14-16H,3,6-7,12-13H2,1-2H3. The number of benzene rings is 2. The number of carbonyl (C=O) groups is 1. The smallest absolute Gasteiger partial charge is 0.264 e. The molecule has 1 amide bonds. The van der Waals surface area contributed by atoms with Gasteiger partial charge in [0.05, 0.1) is 25.2 Å². The van der Waals surface area contributed by atoms with Crippen molar-refractivity contribution in [1.82, 2.24) is 14.5 Å². The lowest BCUT2D eigenvalue weighted by Crippen LogP contribution is -2.36. The van der Waals surface area contributed by atoms with E-state index in [4.69, 9.17) is 9.47 Å². The SMILES string of the molecule is COc1cc2c(C(=O)N3CCCCC3)cn(-c3nccc4ccccc34)c(=O)c2cc1OC. The third kappa shape index (κ3) is 3.59. The Morgan fingerprint density at radius 2 is 1.61 bits per heavy atom. The van der Waals surface area contributed by atoms with Gasteiger partial charge in [-0.05, 0) is 42.8 Å². The average Bonchev–Trinajstić information content (AvgIpc) is 2.88. The van der Waals surface area contributed by atoms with E-state index in [1.165, 1.54) is 18.8 Å². The van der Waals surface area contributed by atoms with Gasteiger partial charge in [-0.3, -0.25) is 14.2 Å². The number of pyridine rings is 2. The van der Waals surface area contributed by atoms with E-state index < -0.39 is 0 Å². The Morgan fingerprint density at radius 3 is 2.33 bits per heavy atom. The van der Waals surface area contributed by atoms with Crippen LogP contribution in [0.25, 0.3) is 27.4 Å². The van der Waals surface area contributed by atoms with Gasteiger partial charge in [0.25, 0.3) is 11.5 Å². The predicted molar refractivity (Wildman–Crippen MR) is 128 cm³/mol. The lowest BCUT2D eigenvalue weighted by molar-refractivity contribution is 0.0725. The maximum absolute atomic E-state index is 13.7. The Balaban J connectivity index is 1.82. The lowest BCUT2D eigenvalue weighted by Gasteiger charge is -2.27. The Bertz CT molecular complexity index is 1420. The van der Waals surface area contributed by atoms with Gasteiger partial charge < -0.3 is 14.4 Å². The summed E-state index contributed by atoms with van der Waals surface area (Å²) in [6.07, 6.45) is 6.38. The summed E-state index contributed by atoms with van der Waals surface area (Å²) < 4.78 is 12.4. The molecule has 1 fully saturated rings. The number of fused-ring (bicyclic) bond motifs is 2. The largest absolute Gasteiger partial charge is 0.493 e. The molecular weight excluding hydrogens is 418 g/mol. The van der Waals surface area contributed by atoms with Gasteiger partial charge in [-0.1, -0.05) is 24.3 Å². The van der Waals surface area contributed by atoms with Crippen LogP contribution in [-0.4, -0.2) is 47.7 Å². The van der Waals surface area contributed by atoms with E-state index in [9.17, 15) is 9.59 Å². The zero-order valence-electron chi connectivity index (χ0n) is 18.7. The normalized spacial score (nSPS) is 13.9. The zero-order valence-corrected chi connectivity index (χ0v) is 18.7. The minimum Gasteiger partial charge on any atom is -0.493 e. The molecule has 2 aromatic carbocycles. The monoisotopic (exact) mass is 443 g/mol. The number of likely N-dealkylation sites (tertiary alicyclic amines) is 1. The second-order valence-corrected chi connectivity index (χ2v) is 8.18. The number of hydrogen-bond acceptors (Lipinski definition) is 5. The molecule has 33 heavy (non-hydrogen) atoms. The first-order chi connectivity index (χ1) is 16.1. The zero-order chi connectivity index (χ0) is 22.9. The summed E-state index contributed by atoms with van der Waals surface area (Å²) in [7, 11) is 3.06. The number of rotatable bonds is 4. The van der Waals surface area contributed by atoms with Crippen LogP contribution in [0.4, 0.5) is 0 Å². The van der Waals surface area contributed by atoms with Crippen molar-refractivity contribution >= 4 is 27.5 Å². The van der Waals surface area contributed by atoms with Crippen LogP contribution in [-0.2, 0) is 0 Å². The minimum atomic E-state index is -0.273. The summed E-state index contributed by atoms with van der Waals surface area (Å²) in [5.41, 5.74) is 0.173. The fraction of sp³-hybridized carbons (Fsp3) is 0.269. The molecule has 7 nitrogen and oxygen atoms in total. The van der Waals surface area contributed by atoms with Crippen LogP contribution in [0.1, 0.15) is 29.6 Å². The Labute approximate surface area is 191 Å². The maximum Gasteiger partial charge on any atom is 0.264 e. The van der Waals surface area contributed by atoms with E-state index in [0.29, 0.717) is 46.7 Å². The van der Waals surface area contributed by atoms with E-state index in [1.54, 1.807) is 24.5 Å². The third-order valence-corrected chi connectivity index (χ3v) is 6.28. The number of amides is 1. The van der Waals surface area contributed by atoms with Gasteiger partial charge in [0, 0.05) is 36.3 Å². The van der Waals surface area contributed by atoms with Gasteiger partial charge in [0.1, 0.15) is 5.82 Å². The fourth-order valence-electron chi connectivity index (χ4n) is 4.56. The van der Waals surface area contributed by atoms with Gasteiger partial charge in [-0.15, -0.1) is 0 Å². The highest BCUT2D eigenvalue weighted by molar-refractivity contribution is 6.07. The Hall–Kier alpha value is -3.87. The minimum absolute atomic E-state index is 0.0964. The van der Waals surface area contributed by atoms with Crippen molar-refractivity contribution in [2.75, 3.05) is 27.3 Å². The molecule has 0 aliphatic carbocycles. The molecule has 0 unspecified atom stereocenters. The van der Waals surface area contributed by atoms with Gasteiger partial charge in [-0.25, -0.2) is 4.98 Å². The van der Waals surface area contributed by atoms with Crippen molar-refractivity contribution in [3.63, 3.8) is 0 Å². The molecule has 1 aliphatic rings. The second-order valence-electron chi connectivity index (χ2n) is 8.18. The molecule has 0 bridgehead atoms. The molecule has 5 rings (SSSR count). The summed E-state index contributed by atoms with van der Waals surface area (Å²) in [5, 5.41) is 2.72. The van der Waals surface area contributed by atoms with Gasteiger partial charge in [0.2, 0.25) is 0 Å². The number of aromatic nitrogens is 2. The molecular formula is C26H25N3O4. The molecule has 0 radical (unpaired) electrons. The van der Waals surface area contributed by atoms with Crippen molar-refractivity contribution in [1.29, 1.82) is 0 Å². The topological polar surface area (TPSA) is 73.7 Å². The first-order valence-corrected chi connectivity index (χ1v) is 11.1. The number of carbonyl (C=O) groups excluding carboxylic acids is 1. The summed E-state index contributed by atoms with van der Waals surface area (Å²) in [5.74, 6) is 1.30. The van der Waals surface area contributed by atoms with Crippen LogP contribution in [0, 0.1) is 0 Å². The highest BCUT2D eigenvalue weighted by Gasteiger charge is 2.24. The van der Waals surface area contributed by atoms with Crippen LogP contribution in [0.5, 0.6) is 11.5 Å². The Kier molecular flexibility index (Phi) is 5.46. The van der Waals surface area contributed by atoms with E-state index in [2.05, 4.69) is 4.98 Å².